The third-order valence-electron chi connectivity index (χ3n) is 2.10. The number of aromatic nitrogens is 2. The van der Waals surface area contributed by atoms with Gasteiger partial charge in [-0.1, -0.05) is 31.2 Å². The normalized spacial score (nSPS) is 11.7. The zero-order valence-corrected chi connectivity index (χ0v) is 9.37. The first-order chi connectivity index (χ1) is 7.20. The molecule has 0 fully saturated rings. The van der Waals surface area contributed by atoms with Gasteiger partial charge in [0.25, 0.3) is 5.56 Å². The van der Waals surface area contributed by atoms with Crippen molar-refractivity contribution in [1.29, 1.82) is 0 Å². The lowest BCUT2D eigenvalue weighted by molar-refractivity contribution is 0.936. The molecule has 1 heterocycles. The van der Waals surface area contributed by atoms with Gasteiger partial charge in [0, 0.05) is 11.1 Å². The number of nitrogens with one attached hydrogen (secondary N) is 1. The van der Waals surface area contributed by atoms with Crippen molar-refractivity contribution in [2.45, 2.75) is 27.2 Å². The zero-order valence-electron chi connectivity index (χ0n) is 9.37. The van der Waals surface area contributed by atoms with E-state index in [9.17, 15) is 4.79 Å². The number of aryl methyl sites for hydroxylation is 1. The number of hydrogen-bond donors (Lipinski definition) is 1. The first-order valence-electron chi connectivity index (χ1n) is 5.09. The lowest BCUT2D eigenvalue weighted by atomic mass is 10.1. The Kier molecular flexibility index (Phi) is 4.03. The monoisotopic (exact) mass is 204 g/mol. The van der Waals surface area contributed by atoms with Gasteiger partial charge < -0.3 is 0 Å². The predicted molar refractivity (Wildman–Crippen MR) is 63.6 cm³/mol. The molecule has 0 unspecified atom stereocenters. The lowest BCUT2D eigenvalue weighted by Crippen LogP contribution is -2.14. The first-order valence-corrected chi connectivity index (χ1v) is 5.09. The number of H-pyrrole nitrogens is 1. The molecule has 3 heteroatoms. The minimum Gasteiger partial charge on any atom is -0.267 e. The average molecular weight is 204 g/mol. The molecule has 0 bridgehead atoms. The highest BCUT2D eigenvalue weighted by molar-refractivity contribution is 5.65. The van der Waals surface area contributed by atoms with E-state index in [1.807, 2.05) is 38.2 Å². The van der Waals surface area contributed by atoms with Crippen LogP contribution in [-0.4, -0.2) is 10.2 Å². The fourth-order valence-corrected chi connectivity index (χ4v) is 1.35. The highest BCUT2D eigenvalue weighted by Gasteiger charge is 2.05. The molecule has 0 amide bonds. The Morgan fingerprint density at radius 1 is 1.33 bits per heavy atom. The number of nitrogens with zero attached hydrogens (tertiary/aromatic N) is 1. The van der Waals surface area contributed by atoms with E-state index >= 15 is 0 Å². The summed E-state index contributed by atoms with van der Waals surface area (Å²) in [5.41, 5.74) is 2.27. The van der Waals surface area contributed by atoms with Crippen LogP contribution in [0.1, 0.15) is 37.1 Å². The van der Waals surface area contributed by atoms with E-state index in [0.29, 0.717) is 5.56 Å². The standard InChI is InChI=1S/C12H16N2O/c1-4-6-8-10-9(3)13-14-12(15)11(10)7-5-2/h5-8H,4H2,1-3H3,(H,14,15)/b7-5-,8-6-. The van der Waals surface area contributed by atoms with Gasteiger partial charge in [-0.3, -0.25) is 4.79 Å². The molecule has 0 spiro atoms. The van der Waals surface area contributed by atoms with E-state index in [0.717, 1.165) is 17.7 Å². The van der Waals surface area contributed by atoms with Crippen molar-refractivity contribution in [2.75, 3.05) is 0 Å². The van der Waals surface area contributed by atoms with Gasteiger partial charge in [-0.2, -0.15) is 5.10 Å². The number of allylic oxidation sites excluding steroid dienone is 2. The molecule has 1 N–H and O–H groups in total. The van der Waals surface area contributed by atoms with Gasteiger partial charge >= 0.3 is 0 Å². The van der Waals surface area contributed by atoms with Crippen molar-refractivity contribution in [1.82, 2.24) is 10.2 Å². The average Bonchev–Trinajstić information content (AvgIpc) is 2.23. The summed E-state index contributed by atoms with van der Waals surface area (Å²) in [5, 5.41) is 6.43. The Hall–Kier alpha value is -1.64. The molecule has 0 saturated heterocycles. The van der Waals surface area contributed by atoms with Crippen LogP contribution in [0.3, 0.4) is 0 Å². The van der Waals surface area contributed by atoms with Crippen LogP contribution in [0, 0.1) is 6.92 Å². The maximum atomic E-state index is 11.5. The van der Waals surface area contributed by atoms with Gasteiger partial charge in [0.1, 0.15) is 0 Å². The molecule has 0 aliphatic rings. The summed E-state index contributed by atoms with van der Waals surface area (Å²) in [6.07, 6.45) is 8.58. The van der Waals surface area contributed by atoms with Crippen LogP contribution >= 0.6 is 0 Å². The molecule has 0 aliphatic heterocycles. The van der Waals surface area contributed by atoms with Gasteiger partial charge in [0.2, 0.25) is 0 Å². The van der Waals surface area contributed by atoms with Gasteiger partial charge in [0.05, 0.1) is 5.69 Å². The Balaban J connectivity index is 3.38. The predicted octanol–water partition coefficient (Wildman–Crippen LogP) is 2.53. The summed E-state index contributed by atoms with van der Waals surface area (Å²) in [6, 6.07) is 0. The second-order valence-electron chi connectivity index (χ2n) is 3.28. The van der Waals surface area contributed by atoms with Crippen LogP contribution in [0.5, 0.6) is 0 Å². The maximum Gasteiger partial charge on any atom is 0.272 e. The van der Waals surface area contributed by atoms with Crippen LogP contribution in [0.25, 0.3) is 12.2 Å². The fraction of sp³-hybridized carbons (Fsp3) is 0.333. The second-order valence-corrected chi connectivity index (χ2v) is 3.28. The highest BCUT2D eigenvalue weighted by atomic mass is 16.1. The molecule has 1 rings (SSSR count). The summed E-state index contributed by atoms with van der Waals surface area (Å²) < 4.78 is 0. The second kappa shape index (κ2) is 5.29. The van der Waals surface area contributed by atoms with Gasteiger partial charge in [-0.25, -0.2) is 5.10 Å². The van der Waals surface area contributed by atoms with E-state index in [2.05, 4.69) is 17.1 Å². The number of hydrogen-bond acceptors (Lipinski definition) is 2. The lowest BCUT2D eigenvalue weighted by Gasteiger charge is -2.02. The van der Waals surface area contributed by atoms with Crippen LogP contribution in [0.2, 0.25) is 0 Å². The first kappa shape index (κ1) is 11.4. The van der Waals surface area contributed by atoms with E-state index < -0.39 is 0 Å². The molecule has 0 aliphatic carbocycles. The molecule has 0 aromatic carbocycles. The Morgan fingerprint density at radius 3 is 2.67 bits per heavy atom. The molecule has 3 nitrogen and oxygen atoms in total. The van der Waals surface area contributed by atoms with Crippen molar-refractivity contribution < 1.29 is 0 Å². The smallest absolute Gasteiger partial charge is 0.267 e. The summed E-state index contributed by atoms with van der Waals surface area (Å²) in [4.78, 5) is 11.5. The quantitative estimate of drug-likeness (QED) is 0.822. The molecular formula is C12H16N2O. The topological polar surface area (TPSA) is 45.8 Å². The molecular weight excluding hydrogens is 188 g/mol. The van der Waals surface area contributed by atoms with Crippen molar-refractivity contribution in [3.63, 3.8) is 0 Å². The largest absolute Gasteiger partial charge is 0.272 e. The molecule has 0 radical (unpaired) electrons. The Labute approximate surface area is 89.5 Å². The van der Waals surface area contributed by atoms with E-state index in [-0.39, 0.29) is 5.56 Å². The van der Waals surface area contributed by atoms with Gasteiger partial charge in [0.15, 0.2) is 0 Å². The van der Waals surface area contributed by atoms with Crippen LogP contribution in [0.15, 0.2) is 16.9 Å². The molecule has 15 heavy (non-hydrogen) atoms. The van der Waals surface area contributed by atoms with Crippen LogP contribution in [-0.2, 0) is 0 Å². The highest BCUT2D eigenvalue weighted by Crippen LogP contribution is 2.11. The van der Waals surface area contributed by atoms with E-state index in [1.165, 1.54) is 0 Å². The molecule has 1 aromatic rings. The minimum absolute atomic E-state index is 0.144. The molecule has 1 aromatic heterocycles. The SMILES string of the molecule is C/C=C\c1c(/C=C\CC)c(C)n[nH]c1=O. The number of rotatable bonds is 3. The molecule has 80 valence electrons. The number of aromatic amines is 1. The Morgan fingerprint density at radius 2 is 2.07 bits per heavy atom. The van der Waals surface area contributed by atoms with Crippen LogP contribution in [0.4, 0.5) is 0 Å². The summed E-state index contributed by atoms with van der Waals surface area (Å²) in [7, 11) is 0. The Bertz CT molecular complexity index is 441. The van der Waals surface area contributed by atoms with Crippen molar-refractivity contribution in [3.05, 3.63) is 39.3 Å². The van der Waals surface area contributed by atoms with Gasteiger partial charge in [-0.15, -0.1) is 0 Å². The third-order valence-corrected chi connectivity index (χ3v) is 2.10. The maximum absolute atomic E-state index is 11.5. The third kappa shape index (κ3) is 2.65. The van der Waals surface area contributed by atoms with Crippen molar-refractivity contribution in [2.24, 2.45) is 0 Å². The van der Waals surface area contributed by atoms with E-state index in [1.54, 1.807) is 0 Å². The zero-order chi connectivity index (χ0) is 11.3. The van der Waals surface area contributed by atoms with Crippen molar-refractivity contribution in [3.8, 4) is 0 Å². The summed E-state index contributed by atoms with van der Waals surface area (Å²) >= 11 is 0. The minimum atomic E-state index is -0.144. The van der Waals surface area contributed by atoms with Crippen LogP contribution < -0.4 is 5.56 Å². The summed E-state index contributed by atoms with van der Waals surface area (Å²) in [5.74, 6) is 0. The fourth-order valence-electron chi connectivity index (χ4n) is 1.35. The molecule has 0 saturated carbocycles. The van der Waals surface area contributed by atoms with E-state index in [4.69, 9.17) is 0 Å². The van der Waals surface area contributed by atoms with Gasteiger partial charge in [-0.05, 0) is 20.3 Å². The summed E-state index contributed by atoms with van der Waals surface area (Å²) in [6.45, 7) is 5.84. The molecule has 0 atom stereocenters. The van der Waals surface area contributed by atoms with Crippen molar-refractivity contribution >= 4 is 12.2 Å².